The van der Waals surface area contributed by atoms with Crippen LogP contribution in [0.1, 0.15) is 68.9 Å². The predicted molar refractivity (Wildman–Crippen MR) is 149 cm³/mol. The molecule has 0 aromatic heterocycles. The molecule has 2 aromatic carbocycles. The Hall–Kier alpha value is -2.08. The molecule has 202 valence electrons. The first kappa shape index (κ1) is 26.5. The molecule has 1 saturated carbocycles. The lowest BCUT2D eigenvalue weighted by molar-refractivity contribution is -0.0617. The number of nitrogens with zero attached hydrogens (tertiary/aromatic N) is 2. The Morgan fingerprint density at radius 3 is 2.38 bits per heavy atom. The average Bonchev–Trinajstić information content (AvgIpc) is 3.44. The first-order valence-corrected chi connectivity index (χ1v) is 14.7. The van der Waals surface area contributed by atoms with Crippen molar-refractivity contribution in [1.29, 1.82) is 0 Å². The fraction of sp³-hybridized carbons (Fsp3) is 0.625. The van der Waals surface area contributed by atoms with Crippen LogP contribution in [0.15, 0.2) is 48.5 Å². The zero-order chi connectivity index (χ0) is 25.5. The number of ether oxygens (including phenoxy) is 3. The molecule has 2 fully saturated rings. The molecule has 1 saturated heterocycles. The lowest BCUT2D eigenvalue weighted by Crippen LogP contribution is -2.51. The summed E-state index contributed by atoms with van der Waals surface area (Å²) < 4.78 is 17.1. The predicted octanol–water partition coefficient (Wildman–Crippen LogP) is 6.33. The van der Waals surface area contributed by atoms with Gasteiger partial charge in [0.05, 0.1) is 0 Å². The van der Waals surface area contributed by atoms with E-state index in [4.69, 9.17) is 14.2 Å². The Balaban J connectivity index is 1.04. The van der Waals surface area contributed by atoms with Crippen LogP contribution in [0.3, 0.4) is 0 Å². The molecule has 2 atom stereocenters. The van der Waals surface area contributed by atoms with Gasteiger partial charge in [-0.05, 0) is 86.0 Å². The number of fused-ring (bicyclic) bond motifs is 1. The van der Waals surface area contributed by atoms with Crippen LogP contribution in [-0.4, -0.2) is 62.7 Å². The molecule has 37 heavy (non-hydrogen) atoms. The second-order valence-electron chi connectivity index (χ2n) is 11.3. The second kappa shape index (κ2) is 13.1. The highest BCUT2D eigenvalue weighted by molar-refractivity contribution is 5.45. The Morgan fingerprint density at radius 2 is 1.65 bits per heavy atom. The van der Waals surface area contributed by atoms with Gasteiger partial charge < -0.3 is 19.1 Å². The van der Waals surface area contributed by atoms with Crippen LogP contribution in [0.2, 0.25) is 0 Å². The molecule has 3 aliphatic rings. The molecular weight excluding hydrogens is 460 g/mol. The van der Waals surface area contributed by atoms with Crippen molar-refractivity contribution in [1.82, 2.24) is 9.80 Å². The van der Waals surface area contributed by atoms with Gasteiger partial charge in [0.1, 0.15) is 6.23 Å². The minimum atomic E-state index is 0.260. The lowest BCUT2D eigenvalue weighted by atomic mass is 9.72. The van der Waals surface area contributed by atoms with Crippen molar-refractivity contribution in [3.8, 4) is 11.5 Å². The van der Waals surface area contributed by atoms with E-state index >= 15 is 0 Å². The summed E-state index contributed by atoms with van der Waals surface area (Å²) in [7, 11) is 1.91. The Kier molecular flexibility index (Phi) is 9.41. The molecule has 0 N–H and O–H groups in total. The quantitative estimate of drug-likeness (QED) is 0.356. The zero-order valence-corrected chi connectivity index (χ0v) is 22.9. The van der Waals surface area contributed by atoms with Crippen molar-refractivity contribution in [2.75, 3.05) is 46.6 Å². The summed E-state index contributed by atoms with van der Waals surface area (Å²) in [5, 5.41) is 0. The van der Waals surface area contributed by atoms with Gasteiger partial charge in [0.2, 0.25) is 6.79 Å². The summed E-state index contributed by atoms with van der Waals surface area (Å²) in [6.07, 6.45) is 10.4. The van der Waals surface area contributed by atoms with Gasteiger partial charge in [-0.25, -0.2) is 0 Å². The van der Waals surface area contributed by atoms with Crippen molar-refractivity contribution in [2.24, 2.45) is 11.8 Å². The highest BCUT2D eigenvalue weighted by atomic mass is 16.7. The molecule has 0 spiro atoms. The van der Waals surface area contributed by atoms with Gasteiger partial charge in [-0.15, -0.1) is 0 Å². The van der Waals surface area contributed by atoms with Crippen molar-refractivity contribution < 1.29 is 14.2 Å². The molecule has 0 bridgehead atoms. The molecule has 2 aromatic rings. The van der Waals surface area contributed by atoms with Crippen LogP contribution in [0.5, 0.6) is 11.5 Å². The van der Waals surface area contributed by atoms with E-state index in [2.05, 4.69) is 65.3 Å². The maximum atomic E-state index is 6.03. The summed E-state index contributed by atoms with van der Waals surface area (Å²) in [5.74, 6) is 4.14. The van der Waals surface area contributed by atoms with Crippen LogP contribution in [0.4, 0.5) is 0 Å². The van der Waals surface area contributed by atoms with Gasteiger partial charge in [-0.2, -0.15) is 0 Å². The SMILES string of the molecule is CCC(CCC(OC)N1CCN(CCc2ccccc2)CC1)C1CCC(c2ccc3c(c2)OCO3)CC1. The number of hydrogen-bond acceptors (Lipinski definition) is 5. The van der Waals surface area contributed by atoms with Gasteiger partial charge in [0, 0.05) is 39.8 Å². The summed E-state index contributed by atoms with van der Waals surface area (Å²) in [6, 6.07) is 17.4. The van der Waals surface area contributed by atoms with E-state index in [0.29, 0.717) is 12.7 Å². The van der Waals surface area contributed by atoms with Gasteiger partial charge >= 0.3 is 0 Å². The van der Waals surface area contributed by atoms with Crippen LogP contribution in [-0.2, 0) is 11.2 Å². The molecule has 0 amide bonds. The van der Waals surface area contributed by atoms with Gasteiger partial charge in [0.25, 0.3) is 0 Å². The van der Waals surface area contributed by atoms with Crippen LogP contribution in [0, 0.1) is 11.8 Å². The van der Waals surface area contributed by atoms with E-state index < -0.39 is 0 Å². The van der Waals surface area contributed by atoms with Crippen molar-refractivity contribution in [3.63, 3.8) is 0 Å². The van der Waals surface area contributed by atoms with Crippen molar-refractivity contribution in [2.45, 2.75) is 70.4 Å². The first-order valence-electron chi connectivity index (χ1n) is 14.7. The molecule has 5 nitrogen and oxygen atoms in total. The molecule has 5 rings (SSSR count). The van der Waals surface area contributed by atoms with Gasteiger partial charge in [-0.1, -0.05) is 49.7 Å². The largest absolute Gasteiger partial charge is 0.454 e. The molecular formula is C32H46N2O3. The van der Waals surface area contributed by atoms with Crippen LogP contribution in [0.25, 0.3) is 0 Å². The minimum absolute atomic E-state index is 0.260. The summed E-state index contributed by atoms with van der Waals surface area (Å²) in [5.41, 5.74) is 2.87. The fourth-order valence-electron chi connectivity index (χ4n) is 6.88. The van der Waals surface area contributed by atoms with E-state index in [1.165, 1.54) is 49.7 Å². The molecule has 2 aliphatic heterocycles. The lowest BCUT2D eigenvalue weighted by Gasteiger charge is -2.39. The fourth-order valence-corrected chi connectivity index (χ4v) is 6.88. The summed E-state index contributed by atoms with van der Waals surface area (Å²) >= 11 is 0. The minimum Gasteiger partial charge on any atom is -0.454 e. The zero-order valence-electron chi connectivity index (χ0n) is 22.9. The Morgan fingerprint density at radius 1 is 0.892 bits per heavy atom. The molecule has 2 unspecified atom stereocenters. The van der Waals surface area contributed by atoms with E-state index in [1.807, 2.05) is 7.11 Å². The van der Waals surface area contributed by atoms with Gasteiger partial charge in [-0.3, -0.25) is 4.90 Å². The Bertz CT molecular complexity index is 952. The smallest absolute Gasteiger partial charge is 0.231 e. The van der Waals surface area contributed by atoms with Crippen molar-refractivity contribution in [3.05, 3.63) is 59.7 Å². The maximum absolute atomic E-state index is 6.03. The third-order valence-corrected chi connectivity index (χ3v) is 9.26. The number of rotatable bonds is 11. The molecule has 2 heterocycles. The number of hydrogen-bond donors (Lipinski definition) is 0. The van der Waals surface area contributed by atoms with E-state index in [1.54, 1.807) is 0 Å². The molecule has 0 radical (unpaired) electrons. The third kappa shape index (κ3) is 6.87. The maximum Gasteiger partial charge on any atom is 0.231 e. The summed E-state index contributed by atoms with van der Waals surface area (Å²) in [6.45, 7) is 8.43. The molecule has 1 aliphatic carbocycles. The Labute approximate surface area is 224 Å². The first-order chi connectivity index (χ1) is 18.2. The third-order valence-electron chi connectivity index (χ3n) is 9.26. The average molecular weight is 507 g/mol. The van der Waals surface area contributed by atoms with E-state index in [-0.39, 0.29) is 6.23 Å². The highest BCUT2D eigenvalue weighted by Crippen LogP contribution is 2.43. The van der Waals surface area contributed by atoms with Gasteiger partial charge in [0.15, 0.2) is 11.5 Å². The monoisotopic (exact) mass is 506 g/mol. The van der Waals surface area contributed by atoms with Crippen LogP contribution >= 0.6 is 0 Å². The standard InChI is InChI=1S/C32H46N2O3/c1-3-26(27-9-11-28(12-10-27)29-13-15-30-31(23-29)37-24-36-30)14-16-32(35-2)34-21-19-33(20-22-34)18-17-25-7-5-4-6-8-25/h4-8,13,15,23,26-28,32H,3,9-12,14,16-22,24H2,1-2H3. The summed E-state index contributed by atoms with van der Waals surface area (Å²) in [4.78, 5) is 5.20. The topological polar surface area (TPSA) is 34.2 Å². The molecule has 5 heteroatoms. The number of methoxy groups -OCH3 is 1. The van der Waals surface area contributed by atoms with Crippen LogP contribution < -0.4 is 9.47 Å². The highest BCUT2D eigenvalue weighted by Gasteiger charge is 2.30. The van der Waals surface area contributed by atoms with Crippen molar-refractivity contribution >= 4 is 0 Å². The van der Waals surface area contributed by atoms with E-state index in [9.17, 15) is 0 Å². The number of benzene rings is 2. The second-order valence-corrected chi connectivity index (χ2v) is 11.3. The van der Waals surface area contributed by atoms with E-state index in [0.717, 1.165) is 68.9 Å². The number of piperazine rings is 1. The normalized spacial score (nSPS) is 24.2.